The first-order chi connectivity index (χ1) is 14.2. The van der Waals surface area contributed by atoms with E-state index >= 15 is 0 Å². The molecule has 0 N–H and O–H groups in total. The summed E-state index contributed by atoms with van der Waals surface area (Å²) in [5.74, 6) is 1.22. The number of hydrogen-bond donors (Lipinski definition) is 0. The van der Waals surface area contributed by atoms with Gasteiger partial charge in [0.1, 0.15) is 0 Å². The normalized spacial score (nSPS) is 10.8. The molecule has 2 aromatic carbocycles. The van der Waals surface area contributed by atoms with Crippen LogP contribution in [-0.2, 0) is 0 Å². The number of thioether (sulfide) groups is 1. The number of halogens is 1. The number of pyridine rings is 1. The Morgan fingerprint density at radius 3 is 2.62 bits per heavy atom. The van der Waals surface area contributed by atoms with Gasteiger partial charge >= 0.3 is 0 Å². The number of ether oxygens (including phenoxy) is 1. The lowest BCUT2D eigenvalue weighted by Crippen LogP contribution is -2.05. The second-order valence-electron chi connectivity index (χ2n) is 6.30. The van der Waals surface area contributed by atoms with Gasteiger partial charge in [0.25, 0.3) is 0 Å². The second kappa shape index (κ2) is 8.87. The maximum absolute atomic E-state index is 13.7. The van der Waals surface area contributed by atoms with Crippen LogP contribution in [0, 0.1) is 12.7 Å². The summed E-state index contributed by atoms with van der Waals surface area (Å²) in [6.45, 7) is 2.41. The number of hydrogen-bond acceptors (Lipinski definition) is 5. The minimum absolute atomic E-state index is 0.254. The summed E-state index contributed by atoms with van der Waals surface area (Å²) in [7, 11) is 0. The molecule has 146 valence electrons. The minimum atomic E-state index is -0.362. The SMILES string of the molecule is Cc1ccccc1-n1c(SCCOc2ccccc2F)nnc1-c1cccnc1. The zero-order valence-corrected chi connectivity index (χ0v) is 16.6. The van der Waals surface area contributed by atoms with Gasteiger partial charge < -0.3 is 4.74 Å². The van der Waals surface area contributed by atoms with E-state index in [9.17, 15) is 4.39 Å². The van der Waals surface area contributed by atoms with Crippen LogP contribution in [0.1, 0.15) is 5.56 Å². The highest BCUT2D eigenvalue weighted by Gasteiger charge is 2.17. The lowest BCUT2D eigenvalue weighted by atomic mass is 10.2. The largest absolute Gasteiger partial charge is 0.490 e. The van der Waals surface area contributed by atoms with Crippen molar-refractivity contribution in [1.82, 2.24) is 19.7 Å². The van der Waals surface area contributed by atoms with Gasteiger partial charge in [0, 0.05) is 23.7 Å². The monoisotopic (exact) mass is 406 g/mol. The molecule has 0 atom stereocenters. The van der Waals surface area contributed by atoms with Crippen molar-refractivity contribution in [3.63, 3.8) is 0 Å². The molecule has 0 spiro atoms. The van der Waals surface area contributed by atoms with E-state index in [1.165, 1.54) is 17.8 Å². The molecular formula is C22H19FN4OS. The summed E-state index contributed by atoms with van der Waals surface area (Å²) in [4.78, 5) is 4.20. The molecule has 4 aromatic rings. The van der Waals surface area contributed by atoms with Crippen molar-refractivity contribution in [1.29, 1.82) is 0 Å². The highest BCUT2D eigenvalue weighted by molar-refractivity contribution is 7.99. The van der Waals surface area contributed by atoms with Crippen LogP contribution in [0.5, 0.6) is 5.75 Å². The van der Waals surface area contributed by atoms with E-state index in [1.807, 2.05) is 34.9 Å². The summed E-state index contributed by atoms with van der Waals surface area (Å²) < 4.78 is 21.3. The van der Waals surface area contributed by atoms with Gasteiger partial charge in [0.05, 0.1) is 12.3 Å². The van der Waals surface area contributed by atoms with Crippen molar-refractivity contribution in [3.8, 4) is 22.8 Å². The van der Waals surface area contributed by atoms with Crippen LogP contribution in [0.3, 0.4) is 0 Å². The predicted octanol–water partition coefficient (Wildman–Crippen LogP) is 4.95. The third-order valence-corrected chi connectivity index (χ3v) is 5.21. The Labute approximate surface area is 172 Å². The third-order valence-electron chi connectivity index (χ3n) is 4.32. The number of nitrogens with zero attached hydrogens (tertiary/aromatic N) is 4. The van der Waals surface area contributed by atoms with Gasteiger partial charge in [-0.25, -0.2) is 4.39 Å². The van der Waals surface area contributed by atoms with Gasteiger partial charge in [-0.3, -0.25) is 9.55 Å². The van der Waals surface area contributed by atoms with Crippen LogP contribution in [0.15, 0.2) is 78.2 Å². The summed E-state index contributed by atoms with van der Waals surface area (Å²) in [5.41, 5.74) is 3.01. The van der Waals surface area contributed by atoms with E-state index in [2.05, 4.69) is 28.2 Å². The Hall–Kier alpha value is -3.19. The lowest BCUT2D eigenvalue weighted by Gasteiger charge is -2.13. The Bertz CT molecular complexity index is 1100. The molecule has 0 unspecified atom stereocenters. The molecule has 2 heterocycles. The minimum Gasteiger partial charge on any atom is -0.490 e. The number of para-hydroxylation sites is 2. The molecular weight excluding hydrogens is 387 g/mol. The Morgan fingerprint density at radius 1 is 1.00 bits per heavy atom. The zero-order chi connectivity index (χ0) is 20.1. The van der Waals surface area contributed by atoms with E-state index in [-0.39, 0.29) is 11.6 Å². The van der Waals surface area contributed by atoms with Crippen molar-refractivity contribution in [2.45, 2.75) is 12.1 Å². The molecule has 0 aliphatic carbocycles. The topological polar surface area (TPSA) is 52.8 Å². The molecule has 5 nitrogen and oxygen atoms in total. The fourth-order valence-corrected chi connectivity index (χ4v) is 3.68. The van der Waals surface area contributed by atoms with Gasteiger partial charge in [-0.1, -0.05) is 42.1 Å². The van der Waals surface area contributed by atoms with Crippen molar-refractivity contribution in [2.75, 3.05) is 12.4 Å². The Morgan fingerprint density at radius 2 is 1.83 bits per heavy atom. The maximum Gasteiger partial charge on any atom is 0.196 e. The number of aryl methyl sites for hydroxylation is 1. The zero-order valence-electron chi connectivity index (χ0n) is 15.8. The molecule has 0 saturated heterocycles. The Kier molecular flexibility index (Phi) is 5.86. The van der Waals surface area contributed by atoms with Crippen LogP contribution in [0.2, 0.25) is 0 Å². The number of aromatic nitrogens is 4. The van der Waals surface area contributed by atoms with Gasteiger partial charge in [-0.05, 0) is 42.8 Å². The molecule has 2 aromatic heterocycles. The fraction of sp³-hybridized carbons (Fsp3) is 0.136. The van der Waals surface area contributed by atoms with E-state index in [0.717, 1.165) is 27.8 Å². The molecule has 0 amide bonds. The highest BCUT2D eigenvalue weighted by atomic mass is 32.2. The summed E-state index contributed by atoms with van der Waals surface area (Å²) in [6.07, 6.45) is 3.50. The molecule has 0 aliphatic heterocycles. The molecule has 0 aliphatic rings. The molecule has 4 rings (SSSR count). The molecule has 0 bridgehead atoms. The van der Waals surface area contributed by atoms with Crippen LogP contribution >= 0.6 is 11.8 Å². The molecule has 0 fully saturated rings. The van der Waals surface area contributed by atoms with E-state index in [0.29, 0.717) is 12.4 Å². The van der Waals surface area contributed by atoms with Crippen molar-refractivity contribution in [3.05, 3.63) is 84.4 Å². The third kappa shape index (κ3) is 4.30. The van der Waals surface area contributed by atoms with Crippen molar-refractivity contribution < 1.29 is 9.13 Å². The van der Waals surface area contributed by atoms with Gasteiger partial charge in [0.2, 0.25) is 0 Å². The molecule has 0 radical (unpaired) electrons. The second-order valence-corrected chi connectivity index (χ2v) is 7.36. The summed E-state index contributed by atoms with van der Waals surface area (Å²) in [6, 6.07) is 18.3. The van der Waals surface area contributed by atoms with Crippen LogP contribution < -0.4 is 4.74 Å². The van der Waals surface area contributed by atoms with E-state index < -0.39 is 0 Å². The average molecular weight is 406 g/mol. The summed E-state index contributed by atoms with van der Waals surface area (Å²) >= 11 is 1.51. The van der Waals surface area contributed by atoms with Crippen LogP contribution in [-0.4, -0.2) is 32.1 Å². The van der Waals surface area contributed by atoms with Crippen molar-refractivity contribution in [2.24, 2.45) is 0 Å². The molecule has 0 saturated carbocycles. The predicted molar refractivity (Wildman–Crippen MR) is 112 cm³/mol. The fourth-order valence-electron chi connectivity index (χ4n) is 2.92. The van der Waals surface area contributed by atoms with Crippen LogP contribution in [0.4, 0.5) is 4.39 Å². The standard InChI is InChI=1S/C22H19FN4OS/c1-16-7-2-4-10-19(16)27-21(17-8-6-12-24-15-17)25-26-22(27)29-14-13-28-20-11-5-3-9-18(20)23/h2-12,15H,13-14H2,1H3. The smallest absolute Gasteiger partial charge is 0.196 e. The first kappa shape index (κ1) is 19.1. The summed E-state index contributed by atoms with van der Waals surface area (Å²) in [5, 5.41) is 9.54. The maximum atomic E-state index is 13.7. The quantitative estimate of drug-likeness (QED) is 0.321. The Balaban J connectivity index is 1.58. The first-order valence-corrected chi connectivity index (χ1v) is 10.1. The number of rotatable bonds is 7. The average Bonchev–Trinajstić information content (AvgIpc) is 3.17. The van der Waals surface area contributed by atoms with Crippen LogP contribution in [0.25, 0.3) is 17.1 Å². The lowest BCUT2D eigenvalue weighted by molar-refractivity contribution is 0.325. The first-order valence-electron chi connectivity index (χ1n) is 9.16. The van der Waals surface area contributed by atoms with Gasteiger partial charge in [-0.15, -0.1) is 10.2 Å². The van der Waals surface area contributed by atoms with E-state index in [1.54, 1.807) is 30.6 Å². The highest BCUT2D eigenvalue weighted by Crippen LogP contribution is 2.29. The van der Waals surface area contributed by atoms with Gasteiger partial charge in [-0.2, -0.15) is 0 Å². The van der Waals surface area contributed by atoms with E-state index in [4.69, 9.17) is 4.74 Å². The number of benzene rings is 2. The molecule has 29 heavy (non-hydrogen) atoms. The van der Waals surface area contributed by atoms with Crippen molar-refractivity contribution >= 4 is 11.8 Å². The van der Waals surface area contributed by atoms with Gasteiger partial charge in [0.15, 0.2) is 22.5 Å². The molecule has 7 heteroatoms.